The number of hydrogen-bond donors (Lipinski definition) is 1. The number of fused-ring (bicyclic) bond motifs is 1. The van der Waals surface area contributed by atoms with Crippen molar-refractivity contribution in [3.63, 3.8) is 0 Å². The van der Waals surface area contributed by atoms with Gasteiger partial charge >= 0.3 is 0 Å². The van der Waals surface area contributed by atoms with Gasteiger partial charge in [0, 0.05) is 26.9 Å². The molecule has 0 fully saturated rings. The normalized spacial score (nSPS) is 11.3. The smallest absolute Gasteiger partial charge is 0.258 e. The molecule has 0 aliphatic rings. The summed E-state index contributed by atoms with van der Waals surface area (Å²) in [5.41, 5.74) is 6.52. The summed E-state index contributed by atoms with van der Waals surface area (Å²) in [4.78, 5) is 23.2. The molecule has 0 saturated heterocycles. The van der Waals surface area contributed by atoms with Gasteiger partial charge in [0.05, 0.1) is 27.5 Å². The molecule has 37 heavy (non-hydrogen) atoms. The molecule has 2 aromatic heterocycles. The van der Waals surface area contributed by atoms with Gasteiger partial charge in [-0.3, -0.25) is 10.1 Å². The number of amides is 1. The van der Waals surface area contributed by atoms with Gasteiger partial charge in [0.15, 0.2) is 5.13 Å². The number of aromatic nitrogens is 2. The van der Waals surface area contributed by atoms with Crippen LogP contribution in [0.1, 0.15) is 35.3 Å². The molecule has 0 unspecified atom stereocenters. The van der Waals surface area contributed by atoms with Crippen molar-refractivity contribution in [1.29, 1.82) is 0 Å². The minimum absolute atomic E-state index is 0.240. The van der Waals surface area contributed by atoms with Crippen molar-refractivity contribution in [2.45, 2.75) is 27.2 Å². The van der Waals surface area contributed by atoms with E-state index in [1.165, 1.54) is 16.9 Å². The van der Waals surface area contributed by atoms with E-state index < -0.39 is 0 Å². The first kappa shape index (κ1) is 25.4. The number of nitrogens with one attached hydrogen (secondary N) is 1. The van der Waals surface area contributed by atoms with Crippen LogP contribution in [0.25, 0.3) is 33.4 Å². The summed E-state index contributed by atoms with van der Waals surface area (Å²) in [7, 11) is 0. The summed E-state index contributed by atoms with van der Waals surface area (Å²) < 4.78 is 0. The highest BCUT2D eigenvalue weighted by Crippen LogP contribution is 2.35. The molecule has 3 aromatic carbocycles. The number of hydrogen-bond acceptors (Lipinski definition) is 4. The number of carbonyl (C=O) groups is 1. The van der Waals surface area contributed by atoms with E-state index in [0.29, 0.717) is 37.9 Å². The average molecular weight is 547 g/mol. The number of benzene rings is 3. The van der Waals surface area contributed by atoms with Crippen LogP contribution in [0, 0.1) is 12.8 Å². The van der Waals surface area contributed by atoms with Gasteiger partial charge in [-0.25, -0.2) is 9.97 Å². The van der Waals surface area contributed by atoms with Gasteiger partial charge in [0.1, 0.15) is 0 Å². The third-order valence-corrected chi connectivity index (χ3v) is 7.47. The van der Waals surface area contributed by atoms with Crippen LogP contribution in [-0.4, -0.2) is 15.9 Å². The number of nitrogens with zero attached hydrogens (tertiary/aromatic N) is 2. The second-order valence-corrected chi connectivity index (χ2v) is 11.1. The van der Waals surface area contributed by atoms with Crippen LogP contribution in [0.3, 0.4) is 0 Å². The molecule has 0 aliphatic carbocycles. The highest BCUT2D eigenvalue weighted by atomic mass is 35.5. The molecule has 0 aliphatic heterocycles. The standard InChI is InChI=1S/C30H25Cl2N3OS/c1-17(2)14-19-8-10-20(11-9-19)26-16-37-30(34-26)35-29(36)27-18(3)28(22-13-12-21(31)15-24(22)32)33-25-7-5-4-6-23(25)27/h4-13,15-17H,14H2,1-3H3,(H,34,35,36). The van der Waals surface area contributed by atoms with Crippen LogP contribution in [0.15, 0.2) is 72.1 Å². The van der Waals surface area contributed by atoms with Crippen molar-refractivity contribution < 1.29 is 4.79 Å². The molecule has 1 amide bonds. The van der Waals surface area contributed by atoms with Gasteiger partial charge < -0.3 is 0 Å². The largest absolute Gasteiger partial charge is 0.298 e. The zero-order valence-electron chi connectivity index (χ0n) is 20.7. The van der Waals surface area contributed by atoms with E-state index in [2.05, 4.69) is 48.4 Å². The second kappa shape index (κ2) is 10.6. The predicted octanol–water partition coefficient (Wildman–Crippen LogP) is 9.09. The van der Waals surface area contributed by atoms with Crippen LogP contribution >= 0.6 is 34.5 Å². The van der Waals surface area contributed by atoms with Crippen molar-refractivity contribution in [2.24, 2.45) is 5.92 Å². The first-order chi connectivity index (χ1) is 17.8. The molecule has 7 heteroatoms. The topological polar surface area (TPSA) is 54.9 Å². The lowest BCUT2D eigenvalue weighted by molar-refractivity contribution is 0.102. The molecular formula is C30H25Cl2N3OS. The zero-order valence-corrected chi connectivity index (χ0v) is 23.0. The number of carbonyl (C=O) groups excluding carboxylic acids is 1. The summed E-state index contributed by atoms with van der Waals surface area (Å²) in [6, 6.07) is 21.3. The van der Waals surface area contributed by atoms with Crippen molar-refractivity contribution in [3.05, 3.63) is 98.8 Å². The van der Waals surface area contributed by atoms with Crippen molar-refractivity contribution in [1.82, 2.24) is 9.97 Å². The molecule has 0 saturated carbocycles. The highest BCUT2D eigenvalue weighted by molar-refractivity contribution is 7.14. The average Bonchev–Trinajstić information content (AvgIpc) is 3.32. The van der Waals surface area contributed by atoms with E-state index in [1.54, 1.807) is 12.1 Å². The first-order valence-electron chi connectivity index (χ1n) is 12.0. The molecule has 0 bridgehead atoms. The Morgan fingerprint density at radius 2 is 1.76 bits per heavy atom. The Morgan fingerprint density at radius 3 is 2.49 bits per heavy atom. The molecule has 5 aromatic rings. The molecule has 5 rings (SSSR count). The number of anilines is 1. The molecule has 2 heterocycles. The third-order valence-electron chi connectivity index (χ3n) is 6.17. The quantitative estimate of drug-likeness (QED) is 0.231. The summed E-state index contributed by atoms with van der Waals surface area (Å²) in [6.45, 7) is 6.31. The Morgan fingerprint density at radius 1 is 1.00 bits per heavy atom. The van der Waals surface area contributed by atoms with Gasteiger partial charge in [0.2, 0.25) is 0 Å². The van der Waals surface area contributed by atoms with Gasteiger partial charge in [-0.1, -0.05) is 79.5 Å². The van der Waals surface area contributed by atoms with E-state index >= 15 is 0 Å². The maximum absolute atomic E-state index is 13.6. The molecular weight excluding hydrogens is 521 g/mol. The maximum atomic E-state index is 13.6. The number of para-hydroxylation sites is 1. The predicted molar refractivity (Wildman–Crippen MR) is 156 cm³/mol. The SMILES string of the molecule is Cc1c(-c2ccc(Cl)cc2Cl)nc2ccccc2c1C(=O)Nc1nc(-c2ccc(CC(C)C)cc2)cs1. The highest BCUT2D eigenvalue weighted by Gasteiger charge is 2.21. The lowest BCUT2D eigenvalue weighted by atomic mass is 9.97. The Bertz CT molecular complexity index is 1610. The minimum Gasteiger partial charge on any atom is -0.298 e. The molecule has 0 spiro atoms. The zero-order chi connectivity index (χ0) is 26.1. The lowest BCUT2D eigenvalue weighted by Gasteiger charge is -2.15. The Labute approximate surface area is 230 Å². The van der Waals surface area contributed by atoms with Crippen LogP contribution in [0.4, 0.5) is 5.13 Å². The van der Waals surface area contributed by atoms with E-state index in [4.69, 9.17) is 28.2 Å². The van der Waals surface area contributed by atoms with Crippen molar-refractivity contribution >= 4 is 56.5 Å². The Balaban J connectivity index is 1.48. The first-order valence-corrected chi connectivity index (χ1v) is 13.6. The summed E-state index contributed by atoms with van der Waals surface area (Å²) >= 11 is 14.0. The summed E-state index contributed by atoms with van der Waals surface area (Å²) in [5.74, 6) is 0.367. The lowest BCUT2D eigenvalue weighted by Crippen LogP contribution is -2.15. The van der Waals surface area contributed by atoms with Crippen LogP contribution in [0.2, 0.25) is 10.0 Å². The second-order valence-electron chi connectivity index (χ2n) is 9.39. The van der Waals surface area contributed by atoms with Gasteiger partial charge in [-0.2, -0.15) is 0 Å². The molecule has 186 valence electrons. The van der Waals surface area contributed by atoms with Gasteiger partial charge in [-0.15, -0.1) is 11.3 Å². The van der Waals surface area contributed by atoms with E-state index in [1.807, 2.05) is 42.6 Å². The Kier molecular flexibility index (Phi) is 7.29. The number of thiazole rings is 1. The fraction of sp³-hybridized carbons (Fsp3) is 0.167. The van der Waals surface area contributed by atoms with Crippen molar-refractivity contribution in [2.75, 3.05) is 5.32 Å². The minimum atomic E-state index is -0.240. The van der Waals surface area contributed by atoms with Gasteiger partial charge in [-0.05, 0) is 54.7 Å². The maximum Gasteiger partial charge on any atom is 0.258 e. The molecule has 0 atom stereocenters. The van der Waals surface area contributed by atoms with Crippen molar-refractivity contribution in [3.8, 4) is 22.5 Å². The van der Waals surface area contributed by atoms with Crippen LogP contribution in [-0.2, 0) is 6.42 Å². The van der Waals surface area contributed by atoms with E-state index in [-0.39, 0.29) is 5.91 Å². The Hall–Kier alpha value is -3.25. The summed E-state index contributed by atoms with van der Waals surface area (Å²) in [6.07, 6.45) is 1.04. The fourth-order valence-electron chi connectivity index (χ4n) is 4.45. The fourth-order valence-corrected chi connectivity index (χ4v) is 5.66. The molecule has 1 N–H and O–H groups in total. The third kappa shape index (κ3) is 5.40. The number of pyridine rings is 1. The molecule has 0 radical (unpaired) electrons. The molecule has 4 nitrogen and oxygen atoms in total. The van der Waals surface area contributed by atoms with E-state index in [9.17, 15) is 4.79 Å². The number of halogens is 2. The monoisotopic (exact) mass is 545 g/mol. The van der Waals surface area contributed by atoms with Crippen LogP contribution in [0.5, 0.6) is 0 Å². The number of rotatable bonds is 6. The summed E-state index contributed by atoms with van der Waals surface area (Å²) in [5, 5.41) is 7.30. The van der Waals surface area contributed by atoms with Gasteiger partial charge in [0.25, 0.3) is 5.91 Å². The van der Waals surface area contributed by atoms with E-state index in [0.717, 1.165) is 34.2 Å². The van der Waals surface area contributed by atoms with Crippen LogP contribution < -0.4 is 5.32 Å².